The molecule has 0 unspecified atom stereocenters. The lowest BCUT2D eigenvalue weighted by Crippen LogP contribution is -2.31. The van der Waals surface area contributed by atoms with Crippen molar-refractivity contribution in [1.29, 1.82) is 0 Å². The molecule has 0 atom stereocenters. The zero-order valence-electron chi connectivity index (χ0n) is 13.7. The van der Waals surface area contributed by atoms with Gasteiger partial charge in [0.15, 0.2) is 5.82 Å². The molecule has 4 heterocycles. The number of piperidine rings is 1. The van der Waals surface area contributed by atoms with Gasteiger partial charge >= 0.3 is 6.18 Å². The molecule has 0 bridgehead atoms. The van der Waals surface area contributed by atoms with Crippen molar-refractivity contribution in [3.63, 3.8) is 0 Å². The minimum Gasteiger partial charge on any atom is -0.341 e. The van der Waals surface area contributed by atoms with Gasteiger partial charge < -0.3 is 4.90 Å². The molecule has 9 heteroatoms. The predicted molar refractivity (Wildman–Crippen MR) is 87.2 cm³/mol. The summed E-state index contributed by atoms with van der Waals surface area (Å²) in [6, 6.07) is 2.19. The number of pyridine rings is 1. The Bertz CT molecular complexity index is 944. The van der Waals surface area contributed by atoms with Gasteiger partial charge in [-0.25, -0.2) is 19.3 Å². The van der Waals surface area contributed by atoms with Crippen LogP contribution >= 0.6 is 0 Å². The van der Waals surface area contributed by atoms with E-state index in [1.54, 1.807) is 0 Å². The first-order chi connectivity index (χ1) is 12.4. The van der Waals surface area contributed by atoms with Crippen LogP contribution in [-0.2, 0) is 6.18 Å². The average molecular weight is 365 g/mol. The van der Waals surface area contributed by atoms with Crippen LogP contribution in [0.4, 0.5) is 23.5 Å². The highest BCUT2D eigenvalue weighted by Crippen LogP contribution is 2.31. The molecule has 0 radical (unpaired) electrons. The Morgan fingerprint density at radius 3 is 2.46 bits per heavy atom. The minimum absolute atomic E-state index is 0.0626. The highest BCUT2D eigenvalue weighted by Gasteiger charge is 2.31. The highest BCUT2D eigenvalue weighted by molar-refractivity contribution is 5.62. The summed E-state index contributed by atoms with van der Waals surface area (Å²) in [7, 11) is 0. The summed E-state index contributed by atoms with van der Waals surface area (Å²) < 4.78 is 54.6. The van der Waals surface area contributed by atoms with Gasteiger partial charge in [0.05, 0.1) is 23.7 Å². The maximum atomic E-state index is 14.4. The number of rotatable bonds is 2. The second kappa shape index (κ2) is 6.22. The van der Waals surface area contributed by atoms with Crippen molar-refractivity contribution >= 4 is 11.6 Å². The second-order valence-corrected chi connectivity index (χ2v) is 6.20. The zero-order chi connectivity index (χ0) is 18.3. The maximum Gasteiger partial charge on any atom is 0.417 e. The molecule has 0 aromatic carbocycles. The van der Waals surface area contributed by atoms with Gasteiger partial charge in [-0.2, -0.15) is 13.2 Å². The third-order valence-electron chi connectivity index (χ3n) is 4.45. The molecule has 0 aliphatic carbocycles. The molecule has 3 aromatic rings. The summed E-state index contributed by atoms with van der Waals surface area (Å²) >= 11 is 0. The fourth-order valence-electron chi connectivity index (χ4n) is 3.11. The number of hydrogen-bond donors (Lipinski definition) is 0. The molecule has 0 saturated carbocycles. The van der Waals surface area contributed by atoms with Crippen molar-refractivity contribution in [2.24, 2.45) is 0 Å². The van der Waals surface area contributed by atoms with E-state index in [0.29, 0.717) is 5.95 Å². The molecule has 1 aliphatic heterocycles. The van der Waals surface area contributed by atoms with E-state index in [1.807, 2.05) is 4.90 Å². The topological polar surface area (TPSA) is 46.3 Å². The van der Waals surface area contributed by atoms with E-state index in [2.05, 4.69) is 15.0 Å². The normalized spacial score (nSPS) is 15.6. The second-order valence-electron chi connectivity index (χ2n) is 6.20. The van der Waals surface area contributed by atoms with Crippen molar-refractivity contribution < 1.29 is 17.6 Å². The number of imidazole rings is 1. The van der Waals surface area contributed by atoms with E-state index in [4.69, 9.17) is 0 Å². The van der Waals surface area contributed by atoms with E-state index < -0.39 is 17.6 Å². The van der Waals surface area contributed by atoms with Crippen molar-refractivity contribution in [3.8, 4) is 11.4 Å². The van der Waals surface area contributed by atoms with E-state index in [0.717, 1.165) is 50.8 Å². The van der Waals surface area contributed by atoms with Crippen LogP contribution in [0.3, 0.4) is 0 Å². The first kappa shape index (κ1) is 16.7. The summed E-state index contributed by atoms with van der Waals surface area (Å²) in [4.78, 5) is 14.3. The van der Waals surface area contributed by atoms with Gasteiger partial charge in [-0.1, -0.05) is 0 Å². The first-order valence-corrected chi connectivity index (χ1v) is 8.25. The first-order valence-electron chi connectivity index (χ1n) is 8.25. The summed E-state index contributed by atoms with van der Waals surface area (Å²) in [6.45, 7) is 1.55. The molecule has 0 amide bonds. The summed E-state index contributed by atoms with van der Waals surface area (Å²) in [5.41, 5.74) is -0.461. The molecule has 0 N–H and O–H groups in total. The smallest absolute Gasteiger partial charge is 0.341 e. The Labute approximate surface area is 146 Å². The van der Waals surface area contributed by atoms with Crippen molar-refractivity contribution in [2.45, 2.75) is 25.4 Å². The molecule has 3 aromatic heterocycles. The van der Waals surface area contributed by atoms with Gasteiger partial charge in [-0.15, -0.1) is 0 Å². The van der Waals surface area contributed by atoms with Crippen LogP contribution in [0.2, 0.25) is 0 Å². The van der Waals surface area contributed by atoms with E-state index >= 15 is 0 Å². The Morgan fingerprint density at radius 1 is 0.962 bits per heavy atom. The van der Waals surface area contributed by atoms with Crippen molar-refractivity contribution in [2.75, 3.05) is 18.0 Å². The number of fused-ring (bicyclic) bond motifs is 1. The molecule has 136 valence electrons. The van der Waals surface area contributed by atoms with E-state index in [1.165, 1.54) is 16.7 Å². The number of aromatic nitrogens is 4. The Hall–Kier alpha value is -2.71. The van der Waals surface area contributed by atoms with Crippen molar-refractivity contribution in [1.82, 2.24) is 19.4 Å². The van der Waals surface area contributed by atoms with Crippen LogP contribution in [-0.4, -0.2) is 32.4 Å². The third-order valence-corrected chi connectivity index (χ3v) is 4.45. The summed E-state index contributed by atoms with van der Waals surface area (Å²) in [5, 5.41) is 0. The lowest BCUT2D eigenvalue weighted by molar-refractivity contribution is -0.137. The van der Waals surface area contributed by atoms with Gasteiger partial charge in [0.25, 0.3) is 0 Å². The van der Waals surface area contributed by atoms with E-state index in [9.17, 15) is 17.6 Å². The average Bonchev–Trinajstić information content (AvgIpc) is 3.05. The zero-order valence-corrected chi connectivity index (χ0v) is 13.7. The third kappa shape index (κ3) is 2.97. The fourth-order valence-corrected chi connectivity index (χ4v) is 3.11. The Kier molecular flexibility index (Phi) is 4.01. The van der Waals surface area contributed by atoms with Crippen LogP contribution < -0.4 is 4.90 Å². The van der Waals surface area contributed by atoms with Crippen LogP contribution in [0.1, 0.15) is 24.8 Å². The van der Waals surface area contributed by atoms with Crippen LogP contribution in [0.5, 0.6) is 0 Å². The molecule has 5 nitrogen and oxygen atoms in total. The Balaban J connectivity index is 1.81. The van der Waals surface area contributed by atoms with Crippen LogP contribution in [0, 0.1) is 5.82 Å². The number of alkyl halides is 3. The lowest BCUT2D eigenvalue weighted by atomic mass is 10.1. The van der Waals surface area contributed by atoms with Crippen molar-refractivity contribution in [3.05, 3.63) is 42.1 Å². The number of hydrogen-bond acceptors (Lipinski definition) is 4. The molecule has 1 aliphatic rings. The van der Waals surface area contributed by atoms with Gasteiger partial charge in [0, 0.05) is 19.3 Å². The van der Waals surface area contributed by atoms with Gasteiger partial charge in [0.2, 0.25) is 5.95 Å². The van der Waals surface area contributed by atoms with Gasteiger partial charge in [-0.05, 0) is 31.4 Å². The molecule has 1 saturated heterocycles. The highest BCUT2D eigenvalue weighted by atomic mass is 19.4. The molecule has 1 fully saturated rings. The predicted octanol–water partition coefficient (Wildman–Crippen LogP) is 3.94. The SMILES string of the molecule is Fc1cnc(N2CCCCC2)nc1-c1cnc2ccc(C(F)(F)F)cn12. The minimum atomic E-state index is -4.50. The fraction of sp³-hybridized carbons (Fsp3) is 0.353. The lowest BCUT2D eigenvalue weighted by Gasteiger charge is -2.26. The summed E-state index contributed by atoms with van der Waals surface area (Å²) in [6.07, 6.45) is 1.90. The maximum absolute atomic E-state index is 14.4. The molecular formula is C17H15F4N5. The summed E-state index contributed by atoms with van der Waals surface area (Å²) in [5.74, 6) is -0.326. The number of halogens is 4. The van der Waals surface area contributed by atoms with Crippen LogP contribution in [0.25, 0.3) is 17.0 Å². The van der Waals surface area contributed by atoms with E-state index in [-0.39, 0.29) is 17.0 Å². The Morgan fingerprint density at radius 2 is 1.73 bits per heavy atom. The largest absolute Gasteiger partial charge is 0.417 e. The standard InChI is InChI=1S/C17H15F4N5/c18-12-8-23-16(25-6-2-1-3-7-25)24-15(12)13-9-22-14-5-4-11(10-26(13)14)17(19,20)21/h4-5,8-10H,1-3,6-7H2. The monoisotopic (exact) mass is 365 g/mol. The van der Waals surface area contributed by atoms with Gasteiger partial charge in [0.1, 0.15) is 11.3 Å². The molecular weight excluding hydrogens is 350 g/mol. The van der Waals surface area contributed by atoms with Crippen LogP contribution in [0.15, 0.2) is 30.7 Å². The van der Waals surface area contributed by atoms with Gasteiger partial charge in [-0.3, -0.25) is 4.40 Å². The molecule has 26 heavy (non-hydrogen) atoms. The molecule has 4 rings (SSSR count). The number of anilines is 1. The quantitative estimate of drug-likeness (QED) is 0.646. The molecule has 0 spiro atoms. The number of nitrogens with zero attached hydrogens (tertiary/aromatic N) is 5.